The lowest BCUT2D eigenvalue weighted by atomic mass is 10.1. The highest BCUT2D eigenvalue weighted by Crippen LogP contribution is 2.33. The topological polar surface area (TPSA) is 47.7 Å². The molecule has 4 nitrogen and oxygen atoms in total. The van der Waals surface area contributed by atoms with Gasteiger partial charge in [0.05, 0.1) is 24.1 Å². The first-order valence-electron chi connectivity index (χ1n) is 6.65. The Hall–Kier alpha value is -1.49. The van der Waals surface area contributed by atoms with E-state index in [1.165, 1.54) is 6.07 Å². The van der Waals surface area contributed by atoms with Gasteiger partial charge in [-0.15, -0.1) is 0 Å². The highest BCUT2D eigenvalue weighted by molar-refractivity contribution is 5.70. The predicted octanol–water partition coefficient (Wildman–Crippen LogP) is 2.42. The van der Waals surface area contributed by atoms with Gasteiger partial charge in [0.1, 0.15) is 0 Å². The van der Waals surface area contributed by atoms with Crippen molar-refractivity contribution in [2.24, 2.45) is 0 Å². The number of benzene rings is 1. The third kappa shape index (κ3) is 3.10. The average Bonchev–Trinajstić information content (AvgIpc) is 2.42. The number of nitrogens with zero attached hydrogens (tertiary/aromatic N) is 1. The molecule has 0 bridgehead atoms. The molecule has 1 saturated heterocycles. The van der Waals surface area contributed by atoms with Gasteiger partial charge in [0.15, 0.2) is 11.6 Å². The van der Waals surface area contributed by atoms with Gasteiger partial charge in [-0.05, 0) is 19.8 Å². The van der Waals surface area contributed by atoms with Gasteiger partial charge in [-0.3, -0.25) is 0 Å². The molecule has 1 fully saturated rings. The minimum absolute atomic E-state index is 0.203. The van der Waals surface area contributed by atoms with E-state index in [1.807, 2.05) is 6.92 Å². The summed E-state index contributed by atoms with van der Waals surface area (Å²) in [6.45, 7) is 3.94. The Bertz CT molecular complexity index is 440. The van der Waals surface area contributed by atoms with Gasteiger partial charge in [0, 0.05) is 32.3 Å². The molecule has 1 aliphatic heterocycles. The van der Waals surface area contributed by atoms with Crippen LogP contribution in [0.3, 0.4) is 0 Å². The Morgan fingerprint density at radius 2 is 2.26 bits per heavy atom. The van der Waals surface area contributed by atoms with E-state index >= 15 is 0 Å². The maximum atomic E-state index is 13.7. The molecule has 5 heteroatoms. The fourth-order valence-electron chi connectivity index (χ4n) is 2.45. The molecular formula is C14H21FN2O2. The van der Waals surface area contributed by atoms with E-state index in [-0.39, 0.29) is 11.9 Å². The highest BCUT2D eigenvalue weighted by atomic mass is 19.1. The van der Waals surface area contributed by atoms with Crippen molar-refractivity contribution in [3.63, 3.8) is 0 Å². The fraction of sp³-hybridized carbons (Fsp3) is 0.571. The number of nitrogen functional groups attached to an aromatic ring is 1. The number of hydrogen-bond donors (Lipinski definition) is 1. The SMILES string of the molecule is CCOc1cc(N2CCCC(OC)C2)c(N)cc1F. The maximum absolute atomic E-state index is 13.7. The van der Waals surface area contributed by atoms with E-state index in [9.17, 15) is 4.39 Å². The van der Waals surface area contributed by atoms with Crippen LogP contribution in [0.2, 0.25) is 0 Å². The number of nitrogens with two attached hydrogens (primary N) is 1. The number of hydrogen-bond acceptors (Lipinski definition) is 4. The standard InChI is InChI=1S/C14H21FN2O2/c1-3-19-14-8-13(12(16)7-11(14)15)17-6-4-5-10(9-17)18-2/h7-8,10H,3-6,9,16H2,1-2H3. The van der Waals surface area contributed by atoms with Crippen molar-refractivity contribution in [2.45, 2.75) is 25.9 Å². The van der Waals surface area contributed by atoms with Gasteiger partial charge in [-0.25, -0.2) is 4.39 Å². The van der Waals surface area contributed by atoms with E-state index in [0.29, 0.717) is 12.3 Å². The Kier molecular flexibility index (Phi) is 4.47. The zero-order valence-electron chi connectivity index (χ0n) is 11.5. The zero-order chi connectivity index (χ0) is 13.8. The van der Waals surface area contributed by atoms with E-state index in [1.54, 1.807) is 13.2 Å². The molecule has 2 N–H and O–H groups in total. The van der Waals surface area contributed by atoms with Crippen molar-refractivity contribution in [2.75, 3.05) is 37.4 Å². The van der Waals surface area contributed by atoms with Crippen LogP contribution in [0.15, 0.2) is 12.1 Å². The van der Waals surface area contributed by atoms with E-state index < -0.39 is 5.82 Å². The molecule has 0 saturated carbocycles. The summed E-state index contributed by atoms with van der Waals surface area (Å²) in [5.74, 6) is -0.158. The van der Waals surface area contributed by atoms with Gasteiger partial charge in [0.2, 0.25) is 0 Å². The number of rotatable bonds is 4. The van der Waals surface area contributed by atoms with Crippen molar-refractivity contribution in [1.82, 2.24) is 0 Å². The predicted molar refractivity (Wildman–Crippen MR) is 74.2 cm³/mol. The first-order chi connectivity index (χ1) is 9.15. The number of halogens is 1. The normalized spacial score (nSPS) is 19.5. The Morgan fingerprint density at radius 3 is 2.95 bits per heavy atom. The number of piperidine rings is 1. The van der Waals surface area contributed by atoms with Crippen molar-refractivity contribution in [1.29, 1.82) is 0 Å². The van der Waals surface area contributed by atoms with E-state index in [0.717, 1.165) is 31.6 Å². The molecule has 1 atom stereocenters. The van der Waals surface area contributed by atoms with Crippen LogP contribution in [0.4, 0.5) is 15.8 Å². The molecule has 0 aromatic heterocycles. The summed E-state index contributed by atoms with van der Waals surface area (Å²) in [5.41, 5.74) is 7.19. The second kappa shape index (κ2) is 6.10. The third-order valence-corrected chi connectivity index (χ3v) is 3.43. The molecule has 0 amide bonds. The molecule has 2 rings (SSSR count). The molecule has 1 aromatic carbocycles. The lowest BCUT2D eigenvalue weighted by molar-refractivity contribution is 0.0893. The molecule has 0 radical (unpaired) electrons. The largest absolute Gasteiger partial charge is 0.491 e. The van der Waals surface area contributed by atoms with Gasteiger partial charge in [-0.1, -0.05) is 0 Å². The summed E-state index contributed by atoms with van der Waals surface area (Å²) in [7, 11) is 1.72. The summed E-state index contributed by atoms with van der Waals surface area (Å²) in [4.78, 5) is 2.13. The van der Waals surface area contributed by atoms with Gasteiger partial charge >= 0.3 is 0 Å². The van der Waals surface area contributed by atoms with E-state index in [4.69, 9.17) is 15.2 Å². The first-order valence-corrected chi connectivity index (χ1v) is 6.65. The summed E-state index contributed by atoms with van der Waals surface area (Å²) >= 11 is 0. The Balaban J connectivity index is 2.25. The number of anilines is 2. The van der Waals surface area contributed by atoms with Crippen LogP contribution in [0.1, 0.15) is 19.8 Å². The smallest absolute Gasteiger partial charge is 0.167 e. The molecule has 106 valence electrons. The third-order valence-electron chi connectivity index (χ3n) is 3.43. The van der Waals surface area contributed by atoms with E-state index in [2.05, 4.69) is 4.90 Å². The summed E-state index contributed by atoms with van der Waals surface area (Å²) in [6, 6.07) is 3.02. The maximum Gasteiger partial charge on any atom is 0.167 e. The van der Waals surface area contributed by atoms with Crippen LogP contribution in [-0.2, 0) is 4.74 Å². The second-order valence-electron chi connectivity index (χ2n) is 4.72. The van der Waals surface area contributed by atoms with Crippen LogP contribution in [0.5, 0.6) is 5.75 Å². The lowest BCUT2D eigenvalue weighted by Gasteiger charge is -2.34. The van der Waals surface area contributed by atoms with Crippen LogP contribution in [-0.4, -0.2) is 32.9 Å². The van der Waals surface area contributed by atoms with Crippen LogP contribution in [0, 0.1) is 5.82 Å². The molecule has 1 heterocycles. The fourth-order valence-corrected chi connectivity index (χ4v) is 2.45. The summed E-state index contributed by atoms with van der Waals surface area (Å²) < 4.78 is 24.4. The van der Waals surface area contributed by atoms with Gasteiger partial charge in [-0.2, -0.15) is 0 Å². The molecule has 1 unspecified atom stereocenters. The first kappa shape index (κ1) is 13.9. The molecule has 19 heavy (non-hydrogen) atoms. The van der Waals surface area contributed by atoms with Crippen molar-refractivity contribution < 1.29 is 13.9 Å². The van der Waals surface area contributed by atoms with Crippen molar-refractivity contribution >= 4 is 11.4 Å². The van der Waals surface area contributed by atoms with Gasteiger partial charge in [0.25, 0.3) is 0 Å². The number of methoxy groups -OCH3 is 1. The van der Waals surface area contributed by atoms with Crippen LogP contribution >= 0.6 is 0 Å². The lowest BCUT2D eigenvalue weighted by Crippen LogP contribution is -2.39. The minimum Gasteiger partial charge on any atom is -0.491 e. The molecular weight excluding hydrogens is 247 g/mol. The average molecular weight is 268 g/mol. The summed E-state index contributed by atoms with van der Waals surface area (Å²) in [5, 5.41) is 0. The molecule has 0 aliphatic carbocycles. The second-order valence-corrected chi connectivity index (χ2v) is 4.72. The number of ether oxygens (including phenoxy) is 2. The van der Waals surface area contributed by atoms with Crippen LogP contribution < -0.4 is 15.4 Å². The minimum atomic E-state index is -0.414. The highest BCUT2D eigenvalue weighted by Gasteiger charge is 2.22. The molecule has 1 aromatic rings. The Morgan fingerprint density at radius 1 is 1.47 bits per heavy atom. The monoisotopic (exact) mass is 268 g/mol. The van der Waals surface area contributed by atoms with Crippen molar-refractivity contribution in [3.05, 3.63) is 17.9 Å². The quantitative estimate of drug-likeness (QED) is 0.852. The van der Waals surface area contributed by atoms with Crippen LogP contribution in [0.25, 0.3) is 0 Å². The Labute approximate surface area is 113 Å². The van der Waals surface area contributed by atoms with Gasteiger partial charge < -0.3 is 20.1 Å². The molecule has 1 aliphatic rings. The van der Waals surface area contributed by atoms with Crippen molar-refractivity contribution in [3.8, 4) is 5.75 Å². The summed E-state index contributed by atoms with van der Waals surface area (Å²) in [6.07, 6.45) is 2.29. The molecule has 0 spiro atoms. The zero-order valence-corrected chi connectivity index (χ0v) is 11.5.